The first-order valence-electron chi connectivity index (χ1n) is 8.91. The number of aliphatic hydroxyl groups excluding tert-OH is 1. The normalized spacial score (nSPS) is 24.7. The Bertz CT molecular complexity index is 746. The van der Waals surface area contributed by atoms with Gasteiger partial charge >= 0.3 is 0 Å². The summed E-state index contributed by atoms with van der Waals surface area (Å²) in [5.74, 6) is 0.342. The number of ether oxygens (including phenoxy) is 1. The molecule has 26 heavy (non-hydrogen) atoms. The van der Waals surface area contributed by atoms with Crippen molar-refractivity contribution in [1.29, 1.82) is 0 Å². The summed E-state index contributed by atoms with van der Waals surface area (Å²) in [4.78, 5) is 2.19. The van der Waals surface area contributed by atoms with E-state index >= 15 is 0 Å². The molecule has 1 aliphatic heterocycles. The van der Waals surface area contributed by atoms with Gasteiger partial charge in [-0.15, -0.1) is 0 Å². The van der Waals surface area contributed by atoms with E-state index in [-0.39, 0.29) is 23.5 Å². The summed E-state index contributed by atoms with van der Waals surface area (Å²) in [5, 5.41) is 9.59. The first kappa shape index (κ1) is 20.9. The molecule has 0 amide bonds. The largest absolute Gasteiger partial charge is 0.487 e. The van der Waals surface area contributed by atoms with Crippen LogP contribution in [0.25, 0.3) is 6.08 Å². The summed E-state index contributed by atoms with van der Waals surface area (Å²) in [5.41, 5.74) is 0.889. The monoisotopic (exact) mass is 382 g/mol. The summed E-state index contributed by atoms with van der Waals surface area (Å²) < 4.78 is 34.1. The van der Waals surface area contributed by atoms with Crippen LogP contribution in [-0.2, 0) is 10.0 Å². The molecule has 6 nitrogen and oxygen atoms in total. The number of rotatable bonds is 5. The number of aliphatic hydroxyl groups is 1. The molecular formula is C19H30N2O4S. The van der Waals surface area contributed by atoms with Crippen molar-refractivity contribution in [2.24, 2.45) is 5.92 Å². The summed E-state index contributed by atoms with van der Waals surface area (Å²) in [6, 6.07) is 4.64. The average Bonchev–Trinajstić information content (AvgIpc) is 2.57. The van der Waals surface area contributed by atoms with Gasteiger partial charge in [-0.25, -0.2) is 8.42 Å². The summed E-state index contributed by atoms with van der Waals surface area (Å²) >= 11 is 0. The predicted octanol–water partition coefficient (Wildman–Crippen LogP) is 2.05. The fourth-order valence-corrected chi connectivity index (χ4v) is 4.94. The quantitative estimate of drug-likeness (QED) is 0.844. The first-order chi connectivity index (χ1) is 12.2. The second kappa shape index (κ2) is 8.52. The minimum absolute atomic E-state index is 0.0281. The molecule has 0 bridgehead atoms. The van der Waals surface area contributed by atoms with Crippen LogP contribution >= 0.6 is 0 Å². The van der Waals surface area contributed by atoms with Crippen molar-refractivity contribution >= 4 is 16.1 Å². The standard InChI is InChI=1S/C19H30N2O4S/c1-6-7-16-8-9-19-17(10-16)25-18(12-20(4)5)14(2)11-21(15(3)13-22)26(19,23)24/h6-10,14-15,18,22H,11-13H2,1-5H3/b7-6+/t14-,15-,18-/m1/s1. The van der Waals surface area contributed by atoms with Crippen LogP contribution in [0.2, 0.25) is 0 Å². The molecule has 0 spiro atoms. The Morgan fingerprint density at radius 3 is 2.69 bits per heavy atom. The molecule has 146 valence electrons. The Morgan fingerprint density at radius 1 is 1.42 bits per heavy atom. The highest BCUT2D eigenvalue weighted by molar-refractivity contribution is 7.89. The molecule has 0 fully saturated rings. The highest BCUT2D eigenvalue weighted by Crippen LogP contribution is 2.34. The third-order valence-corrected chi connectivity index (χ3v) is 6.61. The smallest absolute Gasteiger partial charge is 0.247 e. The van der Waals surface area contributed by atoms with Gasteiger partial charge in [0.15, 0.2) is 0 Å². The van der Waals surface area contributed by atoms with E-state index < -0.39 is 16.1 Å². The number of nitrogens with zero attached hydrogens (tertiary/aromatic N) is 2. The first-order valence-corrected chi connectivity index (χ1v) is 10.4. The Labute approximate surface area is 157 Å². The van der Waals surface area contributed by atoms with Crippen LogP contribution in [0.15, 0.2) is 29.2 Å². The molecule has 1 aliphatic rings. The van der Waals surface area contributed by atoms with Crippen molar-refractivity contribution in [1.82, 2.24) is 9.21 Å². The minimum Gasteiger partial charge on any atom is -0.487 e. The van der Waals surface area contributed by atoms with Crippen LogP contribution < -0.4 is 4.74 Å². The van der Waals surface area contributed by atoms with Gasteiger partial charge in [0.2, 0.25) is 10.0 Å². The van der Waals surface area contributed by atoms with Crippen molar-refractivity contribution < 1.29 is 18.3 Å². The fraction of sp³-hybridized carbons (Fsp3) is 0.579. The minimum atomic E-state index is -3.76. The number of hydrogen-bond donors (Lipinski definition) is 1. The molecule has 1 N–H and O–H groups in total. The van der Waals surface area contributed by atoms with Crippen LogP contribution in [-0.4, -0.2) is 68.7 Å². The van der Waals surface area contributed by atoms with E-state index in [0.717, 1.165) is 5.56 Å². The van der Waals surface area contributed by atoms with Crippen molar-refractivity contribution in [2.45, 2.75) is 37.8 Å². The Morgan fingerprint density at radius 2 is 2.12 bits per heavy atom. The van der Waals surface area contributed by atoms with Crippen LogP contribution in [0.3, 0.4) is 0 Å². The number of benzene rings is 1. The lowest BCUT2D eigenvalue weighted by atomic mass is 10.0. The Kier molecular flexibility index (Phi) is 6.85. The molecule has 0 radical (unpaired) electrons. The van der Waals surface area contributed by atoms with Gasteiger partial charge in [-0.05, 0) is 45.6 Å². The van der Waals surface area contributed by atoms with Crippen molar-refractivity contribution in [3.05, 3.63) is 29.8 Å². The van der Waals surface area contributed by atoms with Crippen LogP contribution in [0.5, 0.6) is 5.75 Å². The fourth-order valence-electron chi connectivity index (χ4n) is 3.12. The predicted molar refractivity (Wildman–Crippen MR) is 104 cm³/mol. The van der Waals surface area contributed by atoms with E-state index in [1.54, 1.807) is 25.1 Å². The number of hydrogen-bond acceptors (Lipinski definition) is 5. The SMILES string of the molecule is C/C=C/c1ccc2c(c1)O[C@H](CN(C)C)[C@H](C)CN([C@H](C)CO)S2(=O)=O. The molecule has 3 atom stereocenters. The third kappa shape index (κ3) is 4.46. The van der Waals surface area contributed by atoms with Gasteiger partial charge in [0, 0.05) is 25.0 Å². The Hall–Kier alpha value is -1.41. The molecule has 1 aromatic carbocycles. The highest BCUT2D eigenvalue weighted by atomic mass is 32.2. The molecular weight excluding hydrogens is 352 g/mol. The lowest BCUT2D eigenvalue weighted by molar-refractivity contribution is 0.0812. The van der Waals surface area contributed by atoms with Crippen LogP contribution in [0.1, 0.15) is 26.3 Å². The zero-order valence-electron chi connectivity index (χ0n) is 16.2. The maximum absolute atomic E-state index is 13.2. The van der Waals surface area contributed by atoms with Gasteiger partial charge in [0.25, 0.3) is 0 Å². The number of sulfonamides is 1. The molecule has 1 heterocycles. The number of allylic oxidation sites excluding steroid dienone is 1. The van der Waals surface area contributed by atoms with E-state index in [2.05, 4.69) is 0 Å². The van der Waals surface area contributed by atoms with Crippen LogP contribution in [0, 0.1) is 5.92 Å². The molecule has 0 aliphatic carbocycles. The van der Waals surface area contributed by atoms with E-state index in [4.69, 9.17) is 4.74 Å². The topological polar surface area (TPSA) is 70.1 Å². The van der Waals surface area contributed by atoms with Gasteiger partial charge in [-0.3, -0.25) is 0 Å². The van der Waals surface area contributed by atoms with Crippen LogP contribution in [0.4, 0.5) is 0 Å². The van der Waals surface area contributed by atoms with Crippen molar-refractivity contribution in [3.63, 3.8) is 0 Å². The zero-order valence-corrected chi connectivity index (χ0v) is 17.0. The van der Waals surface area contributed by atoms with E-state index in [1.165, 1.54) is 4.31 Å². The van der Waals surface area contributed by atoms with Crippen molar-refractivity contribution in [2.75, 3.05) is 33.8 Å². The molecule has 0 unspecified atom stereocenters. The molecule has 0 saturated heterocycles. The summed E-state index contributed by atoms with van der Waals surface area (Å²) in [6.45, 7) is 6.38. The maximum Gasteiger partial charge on any atom is 0.247 e. The van der Waals surface area contributed by atoms with Gasteiger partial charge in [0.05, 0.1) is 6.61 Å². The van der Waals surface area contributed by atoms with Gasteiger partial charge in [-0.2, -0.15) is 4.31 Å². The van der Waals surface area contributed by atoms with Crippen molar-refractivity contribution in [3.8, 4) is 5.75 Å². The summed E-state index contributed by atoms with van der Waals surface area (Å²) in [6.07, 6.45) is 3.65. The average molecular weight is 383 g/mol. The second-order valence-electron chi connectivity index (χ2n) is 7.21. The highest BCUT2D eigenvalue weighted by Gasteiger charge is 2.37. The zero-order chi connectivity index (χ0) is 19.5. The second-order valence-corrected chi connectivity index (χ2v) is 9.07. The Balaban J connectivity index is 2.61. The number of fused-ring (bicyclic) bond motifs is 1. The molecule has 1 aromatic rings. The maximum atomic E-state index is 13.2. The lowest BCUT2D eigenvalue weighted by Gasteiger charge is -2.37. The molecule has 0 saturated carbocycles. The number of likely N-dealkylation sites (N-methyl/N-ethyl adjacent to an activating group) is 1. The van der Waals surface area contributed by atoms with Gasteiger partial charge < -0.3 is 14.7 Å². The van der Waals surface area contributed by atoms with E-state index in [9.17, 15) is 13.5 Å². The molecule has 7 heteroatoms. The molecule has 2 rings (SSSR count). The van der Waals surface area contributed by atoms with Gasteiger partial charge in [0.1, 0.15) is 16.7 Å². The summed E-state index contributed by atoms with van der Waals surface area (Å²) in [7, 11) is 0.178. The van der Waals surface area contributed by atoms with Gasteiger partial charge in [-0.1, -0.05) is 25.1 Å². The van der Waals surface area contributed by atoms with E-state index in [1.807, 2.05) is 45.0 Å². The molecule has 0 aromatic heterocycles. The third-order valence-electron chi connectivity index (χ3n) is 4.60. The van der Waals surface area contributed by atoms with E-state index in [0.29, 0.717) is 18.8 Å². The lowest BCUT2D eigenvalue weighted by Crippen LogP contribution is -2.49.